The van der Waals surface area contributed by atoms with Gasteiger partial charge in [-0.3, -0.25) is 4.79 Å². The van der Waals surface area contributed by atoms with Crippen LogP contribution in [0.4, 0.5) is 0 Å². The zero-order valence-corrected chi connectivity index (χ0v) is 11.1. The summed E-state index contributed by atoms with van der Waals surface area (Å²) in [4.78, 5) is 11.7. The molecule has 1 aromatic carbocycles. The average molecular weight is 255 g/mol. The lowest BCUT2D eigenvalue weighted by Gasteiger charge is -2.30. The molecule has 0 spiro atoms. The highest BCUT2D eigenvalue weighted by atomic mass is 32.2. The van der Waals surface area contributed by atoms with Gasteiger partial charge in [-0.1, -0.05) is 31.5 Å². The highest BCUT2D eigenvalue weighted by Crippen LogP contribution is 2.17. The summed E-state index contributed by atoms with van der Waals surface area (Å²) in [7, 11) is -3.30. The number of carbonyl (C=O) groups is 1. The monoisotopic (exact) mass is 255 g/mol. The van der Waals surface area contributed by atoms with Crippen molar-refractivity contribution < 1.29 is 13.2 Å². The molecule has 0 unspecified atom stereocenters. The highest BCUT2D eigenvalue weighted by Gasteiger charge is 2.36. The molecule has 0 radical (unpaired) electrons. The maximum Gasteiger partial charge on any atom is 0.267 e. The van der Waals surface area contributed by atoms with Gasteiger partial charge in [0.25, 0.3) is 5.91 Å². The Bertz CT molecular complexity index is 491. The van der Waals surface area contributed by atoms with Crippen molar-refractivity contribution in [3.8, 4) is 0 Å². The summed E-state index contributed by atoms with van der Waals surface area (Å²) in [5.74, 6) is -0.355. The normalized spacial score (nSPS) is 16.5. The van der Waals surface area contributed by atoms with Crippen LogP contribution in [0.15, 0.2) is 24.3 Å². The zero-order valence-electron chi connectivity index (χ0n) is 10.3. The van der Waals surface area contributed by atoms with Crippen LogP contribution in [0.5, 0.6) is 0 Å². The van der Waals surface area contributed by atoms with Crippen LogP contribution in [0.2, 0.25) is 0 Å². The number of hydrogen-bond acceptors (Lipinski definition) is 3. The van der Waals surface area contributed by atoms with Crippen LogP contribution in [-0.2, 0) is 10.0 Å². The third kappa shape index (κ3) is 2.85. The fourth-order valence-electron chi connectivity index (χ4n) is 1.40. The Morgan fingerprint density at radius 3 is 2.06 bits per heavy atom. The molecular weight excluding hydrogens is 238 g/mol. The van der Waals surface area contributed by atoms with E-state index in [2.05, 4.69) is 0 Å². The molecule has 4 nitrogen and oxygen atoms in total. The van der Waals surface area contributed by atoms with E-state index in [1.807, 2.05) is 20.8 Å². The molecule has 1 heterocycles. The van der Waals surface area contributed by atoms with E-state index in [4.69, 9.17) is 0 Å². The molecule has 5 heteroatoms. The highest BCUT2D eigenvalue weighted by molar-refractivity contribution is 7.90. The Kier molecular flexibility index (Phi) is 4.28. The predicted octanol–water partition coefficient (Wildman–Crippen LogP) is 1.81. The zero-order chi connectivity index (χ0) is 13.1. The van der Waals surface area contributed by atoms with Crippen molar-refractivity contribution in [2.45, 2.75) is 20.8 Å². The van der Waals surface area contributed by atoms with Crippen molar-refractivity contribution in [2.24, 2.45) is 0 Å². The van der Waals surface area contributed by atoms with Crippen LogP contribution in [-0.4, -0.2) is 30.9 Å². The van der Waals surface area contributed by atoms with Crippen LogP contribution in [0.25, 0.3) is 0 Å². The molecule has 0 bridgehead atoms. The molecule has 0 atom stereocenters. The second-order valence-corrected chi connectivity index (χ2v) is 5.57. The van der Waals surface area contributed by atoms with Gasteiger partial charge in [0.1, 0.15) is 0 Å². The molecule has 0 aromatic heterocycles. The van der Waals surface area contributed by atoms with Gasteiger partial charge in [-0.15, -0.1) is 0 Å². The molecule has 0 saturated carbocycles. The Labute approximate surface area is 102 Å². The van der Waals surface area contributed by atoms with Gasteiger partial charge < -0.3 is 0 Å². The van der Waals surface area contributed by atoms with Gasteiger partial charge in [0.05, 0.1) is 12.3 Å². The quantitative estimate of drug-likeness (QED) is 0.769. The molecule has 0 N–H and O–H groups in total. The summed E-state index contributed by atoms with van der Waals surface area (Å²) in [5, 5.41) is 0. The van der Waals surface area contributed by atoms with E-state index in [1.165, 1.54) is 0 Å². The summed E-state index contributed by atoms with van der Waals surface area (Å²) in [6.07, 6.45) is 0. The van der Waals surface area contributed by atoms with Crippen molar-refractivity contribution in [2.75, 3.05) is 12.3 Å². The van der Waals surface area contributed by atoms with Gasteiger partial charge in [-0.25, -0.2) is 12.7 Å². The van der Waals surface area contributed by atoms with E-state index in [0.717, 1.165) is 9.87 Å². The van der Waals surface area contributed by atoms with Gasteiger partial charge in [0, 0.05) is 5.56 Å². The van der Waals surface area contributed by atoms with Crippen LogP contribution in [0.3, 0.4) is 0 Å². The molecule has 17 heavy (non-hydrogen) atoms. The summed E-state index contributed by atoms with van der Waals surface area (Å²) < 4.78 is 23.3. The number of aryl methyl sites for hydroxylation is 1. The third-order valence-electron chi connectivity index (χ3n) is 2.41. The van der Waals surface area contributed by atoms with Crippen molar-refractivity contribution in [3.05, 3.63) is 35.4 Å². The lowest BCUT2D eigenvalue weighted by molar-refractivity contribution is 0.0850. The van der Waals surface area contributed by atoms with E-state index in [0.29, 0.717) is 12.1 Å². The van der Waals surface area contributed by atoms with Crippen molar-refractivity contribution >= 4 is 15.9 Å². The maximum atomic E-state index is 11.7. The Morgan fingerprint density at radius 2 is 1.71 bits per heavy atom. The lowest BCUT2D eigenvalue weighted by atomic mass is 10.1. The fraction of sp³-hybridized carbons (Fsp3) is 0.417. The Morgan fingerprint density at radius 1 is 1.18 bits per heavy atom. The molecule has 1 fully saturated rings. The molecule has 1 aliphatic heterocycles. The molecule has 1 aromatic rings. The van der Waals surface area contributed by atoms with Crippen molar-refractivity contribution in [3.63, 3.8) is 0 Å². The second kappa shape index (κ2) is 5.31. The summed E-state index contributed by atoms with van der Waals surface area (Å²) in [6, 6.07) is 6.87. The first-order chi connectivity index (χ1) is 8.00. The molecule has 1 aliphatic rings. The molecular formula is C12H17NO3S. The first kappa shape index (κ1) is 13.7. The van der Waals surface area contributed by atoms with E-state index < -0.39 is 15.9 Å². The average Bonchev–Trinajstić information content (AvgIpc) is 2.31. The minimum absolute atomic E-state index is 0.0740. The molecule has 1 amide bonds. The fourth-order valence-corrected chi connectivity index (χ4v) is 2.42. The smallest absolute Gasteiger partial charge is 0.267 e. The summed E-state index contributed by atoms with van der Waals surface area (Å²) >= 11 is 0. The van der Waals surface area contributed by atoms with Crippen molar-refractivity contribution in [1.82, 2.24) is 4.31 Å². The second-order valence-electron chi connectivity index (χ2n) is 3.56. The molecule has 2 rings (SSSR count). The van der Waals surface area contributed by atoms with Gasteiger partial charge in [0.15, 0.2) is 0 Å². The van der Waals surface area contributed by atoms with Crippen LogP contribution in [0.1, 0.15) is 29.8 Å². The van der Waals surface area contributed by atoms with Crippen LogP contribution >= 0.6 is 0 Å². The van der Waals surface area contributed by atoms with Gasteiger partial charge >= 0.3 is 0 Å². The van der Waals surface area contributed by atoms with E-state index in [9.17, 15) is 13.2 Å². The number of amides is 1. The number of rotatable bonds is 1. The molecule has 1 saturated heterocycles. The summed E-state index contributed by atoms with van der Waals surface area (Å²) in [6.45, 7) is 6.21. The maximum absolute atomic E-state index is 11.7. The number of carbonyl (C=O) groups excluding carboxylic acids is 1. The standard InChI is InChI=1S/C10H11NO3S.C2H6/c1-8-2-4-9(5-3-8)10(12)11-6-7-15(11,13)14;1-2/h2-5H,6-7H2,1H3;1-2H3. The SMILES string of the molecule is CC.Cc1ccc(C(=O)N2CCS2(=O)=O)cc1. The molecule has 0 aliphatic carbocycles. The van der Waals surface area contributed by atoms with E-state index in [-0.39, 0.29) is 5.75 Å². The summed E-state index contributed by atoms with van der Waals surface area (Å²) in [5.41, 5.74) is 1.46. The molecule has 94 valence electrons. The number of nitrogens with zero attached hydrogens (tertiary/aromatic N) is 1. The van der Waals surface area contributed by atoms with E-state index >= 15 is 0 Å². The number of sulfonamides is 1. The van der Waals surface area contributed by atoms with Crippen molar-refractivity contribution in [1.29, 1.82) is 0 Å². The van der Waals surface area contributed by atoms with Crippen LogP contribution < -0.4 is 0 Å². The lowest BCUT2D eigenvalue weighted by Crippen LogP contribution is -2.50. The minimum atomic E-state index is -3.30. The van der Waals surface area contributed by atoms with Gasteiger partial charge in [-0.2, -0.15) is 0 Å². The Balaban J connectivity index is 0.000000686. The minimum Gasteiger partial charge on any atom is -0.268 e. The largest absolute Gasteiger partial charge is 0.268 e. The van der Waals surface area contributed by atoms with E-state index in [1.54, 1.807) is 24.3 Å². The number of benzene rings is 1. The predicted molar refractivity (Wildman–Crippen MR) is 67.4 cm³/mol. The first-order valence-corrected chi connectivity index (χ1v) is 7.23. The van der Waals surface area contributed by atoms with Gasteiger partial charge in [0.2, 0.25) is 10.0 Å². The Hall–Kier alpha value is -1.36. The topological polar surface area (TPSA) is 54.5 Å². The first-order valence-electron chi connectivity index (χ1n) is 5.62. The number of hydrogen-bond donors (Lipinski definition) is 0. The third-order valence-corrected chi connectivity index (χ3v) is 4.13. The van der Waals surface area contributed by atoms with Gasteiger partial charge in [-0.05, 0) is 19.1 Å². The van der Waals surface area contributed by atoms with Crippen LogP contribution in [0, 0.1) is 6.92 Å².